The van der Waals surface area contributed by atoms with Gasteiger partial charge in [-0.3, -0.25) is 0 Å². The van der Waals surface area contributed by atoms with Gasteiger partial charge in [0, 0.05) is 31.0 Å². The van der Waals surface area contributed by atoms with Crippen molar-refractivity contribution in [2.24, 2.45) is 5.92 Å². The molecule has 0 unspecified atom stereocenters. The predicted octanol–water partition coefficient (Wildman–Crippen LogP) is 11.2. The molecule has 0 N–H and O–H groups in total. The number of hydrogen-bond donors (Lipinski definition) is 0. The van der Waals surface area contributed by atoms with Crippen molar-refractivity contribution in [1.29, 1.82) is 0 Å². The van der Waals surface area contributed by atoms with Crippen LogP contribution in [-0.4, -0.2) is 23.2 Å². The van der Waals surface area contributed by atoms with Crippen molar-refractivity contribution >= 4 is 49.2 Å². The number of hydrogen-bond acceptors (Lipinski definition) is 3. The molecule has 0 aliphatic rings. The third-order valence-corrected chi connectivity index (χ3v) is 13.8. The summed E-state index contributed by atoms with van der Waals surface area (Å²) in [6.45, 7) is 6.70. The van der Waals surface area contributed by atoms with Crippen molar-refractivity contribution < 1.29 is 20.1 Å². The Kier molecular flexibility index (Phi) is 11.3. The van der Waals surface area contributed by atoms with Gasteiger partial charge in [0.05, 0.1) is 0 Å². The van der Waals surface area contributed by atoms with Gasteiger partial charge in [0.25, 0.3) is 0 Å². The first-order valence-electron chi connectivity index (χ1n) is 16.0. The molecule has 47 heavy (non-hydrogen) atoms. The van der Waals surface area contributed by atoms with E-state index in [1.807, 2.05) is 41.8 Å². The topological polar surface area (TPSA) is 25.8 Å². The minimum absolute atomic E-state index is 0. The van der Waals surface area contributed by atoms with E-state index in [9.17, 15) is 0 Å². The van der Waals surface area contributed by atoms with Crippen molar-refractivity contribution in [2.75, 3.05) is 0 Å². The number of aryl methyl sites for hydroxylation is 1. The molecule has 3 aromatic heterocycles. The zero-order valence-electron chi connectivity index (χ0n) is 27.9. The van der Waals surface area contributed by atoms with Crippen LogP contribution in [0.3, 0.4) is 0 Å². The van der Waals surface area contributed by atoms with Crippen molar-refractivity contribution in [3.8, 4) is 33.6 Å². The Morgan fingerprint density at radius 3 is 2.23 bits per heavy atom. The molecule has 1 radical (unpaired) electrons. The SMILES string of the molecule is CC(C)Cc1ccnc(-c2[c-]ccc3c2sc2cc(-c4ccccc4)ccc23)c1.Cc1cc(-c2[c-]cccc2)nc[c]1[Ge]([CH3])([CH3])[CH3].[Ir]. The number of nitrogens with zero attached hydrogens (tertiary/aromatic N) is 2. The molecule has 0 aliphatic carbocycles. The molecule has 0 spiro atoms. The third kappa shape index (κ3) is 8.19. The van der Waals surface area contributed by atoms with Gasteiger partial charge in [-0.15, -0.1) is 23.8 Å². The molecule has 0 bridgehead atoms. The average molecular weight is 870 g/mol. The first kappa shape index (κ1) is 34.9. The average Bonchev–Trinajstić information content (AvgIpc) is 3.43. The van der Waals surface area contributed by atoms with Gasteiger partial charge in [-0.25, -0.2) is 0 Å². The van der Waals surface area contributed by atoms with E-state index in [0.29, 0.717) is 5.92 Å². The summed E-state index contributed by atoms with van der Waals surface area (Å²) in [5, 5.41) is 2.59. The van der Waals surface area contributed by atoms with Gasteiger partial charge in [-0.05, 0) is 51.4 Å². The summed E-state index contributed by atoms with van der Waals surface area (Å²) in [5.74, 6) is 7.83. The van der Waals surface area contributed by atoms with Crippen molar-refractivity contribution in [2.45, 2.75) is 44.5 Å². The summed E-state index contributed by atoms with van der Waals surface area (Å²) in [7, 11) is 0. The van der Waals surface area contributed by atoms with Gasteiger partial charge < -0.3 is 4.98 Å². The zero-order chi connectivity index (χ0) is 32.3. The minimum atomic E-state index is -1.77. The van der Waals surface area contributed by atoms with E-state index >= 15 is 0 Å². The summed E-state index contributed by atoms with van der Waals surface area (Å²) < 4.78 is 4.06. The second-order valence-electron chi connectivity index (χ2n) is 13.3. The smallest absolute Gasteiger partial charge is 0 e. The maximum atomic E-state index is 4.68. The van der Waals surface area contributed by atoms with Crippen molar-refractivity contribution in [3.05, 3.63) is 139 Å². The normalized spacial score (nSPS) is 11.3. The Bertz CT molecular complexity index is 2100. The van der Waals surface area contributed by atoms with Crippen LogP contribution in [0.4, 0.5) is 0 Å². The molecular weight excluding hydrogens is 829 g/mol. The van der Waals surface area contributed by atoms with E-state index in [2.05, 4.69) is 145 Å². The van der Waals surface area contributed by atoms with Crippen molar-refractivity contribution in [1.82, 2.24) is 9.97 Å². The molecule has 0 amide bonds. The largest absolute Gasteiger partial charge is 0 e. The number of pyridine rings is 2. The molecule has 0 fully saturated rings. The predicted molar refractivity (Wildman–Crippen MR) is 202 cm³/mol. The molecule has 5 heteroatoms. The molecule has 0 saturated heterocycles. The molecule has 0 atom stereocenters. The number of fused-ring (bicyclic) bond motifs is 3. The Labute approximate surface area is 300 Å². The van der Waals surface area contributed by atoms with E-state index in [4.69, 9.17) is 0 Å². The van der Waals surface area contributed by atoms with Gasteiger partial charge in [0.1, 0.15) is 0 Å². The number of benzene rings is 4. The van der Waals surface area contributed by atoms with Crippen LogP contribution >= 0.6 is 11.3 Å². The second kappa shape index (κ2) is 15.2. The van der Waals surface area contributed by atoms with Gasteiger partial charge in [0.2, 0.25) is 0 Å². The fraction of sp³-hybridized carbons (Fsp3) is 0.190. The molecule has 0 saturated carbocycles. The van der Waals surface area contributed by atoms with E-state index in [1.54, 1.807) is 0 Å². The monoisotopic (exact) mass is 871 g/mol. The van der Waals surface area contributed by atoms with Gasteiger partial charge in [-0.2, -0.15) is 11.3 Å². The first-order chi connectivity index (χ1) is 22.2. The molecule has 0 aliphatic heterocycles. The molecule has 3 heterocycles. The fourth-order valence-electron chi connectivity index (χ4n) is 5.99. The zero-order valence-corrected chi connectivity index (χ0v) is 33.2. The maximum absolute atomic E-state index is 4.68. The van der Waals surface area contributed by atoms with E-state index in [1.165, 1.54) is 46.8 Å². The van der Waals surface area contributed by atoms with Crippen LogP contribution in [0.2, 0.25) is 17.3 Å². The molecular formula is C42H40GeIrN2S-2. The quantitative estimate of drug-likeness (QED) is 0.123. The van der Waals surface area contributed by atoms with Crippen LogP contribution in [0.1, 0.15) is 25.0 Å². The molecule has 7 rings (SSSR count). The molecule has 7 aromatic rings. The summed E-state index contributed by atoms with van der Waals surface area (Å²) in [6.07, 6.45) is 5.07. The molecule has 2 nitrogen and oxygen atoms in total. The summed E-state index contributed by atoms with van der Waals surface area (Å²) in [4.78, 5) is 9.27. The Balaban J connectivity index is 0.000000207. The first-order valence-corrected chi connectivity index (χ1v) is 24.2. The summed E-state index contributed by atoms with van der Waals surface area (Å²) in [6, 6.07) is 42.8. The standard InChI is InChI=1S/C27H22NS.C15H18GeN.Ir/c1-18(2)15-19-13-14-28-25(16-19)24-10-6-9-23-22-12-11-21(17-26(22)29-27(23)24)20-7-4-3-5-8-20;1-12-10-15(13-8-6-5-7-9-13)17-11-14(12)16(2,3)4;/h3-9,11-14,16-18H,15H2,1-2H3;5-8,10-11H,1-4H3;/q2*-1;. The van der Waals surface area contributed by atoms with Gasteiger partial charge in [-0.1, -0.05) is 73.3 Å². The summed E-state index contributed by atoms with van der Waals surface area (Å²) in [5.41, 5.74) is 9.44. The number of rotatable bonds is 6. The van der Waals surface area contributed by atoms with E-state index in [-0.39, 0.29) is 20.1 Å². The molecule has 239 valence electrons. The Morgan fingerprint density at radius 1 is 0.745 bits per heavy atom. The van der Waals surface area contributed by atoms with Crippen LogP contribution in [0.5, 0.6) is 0 Å². The summed E-state index contributed by atoms with van der Waals surface area (Å²) >= 11 is 0.0679. The van der Waals surface area contributed by atoms with E-state index < -0.39 is 13.3 Å². The Morgan fingerprint density at radius 2 is 1.53 bits per heavy atom. The van der Waals surface area contributed by atoms with Crippen LogP contribution in [-0.2, 0) is 26.5 Å². The maximum Gasteiger partial charge on any atom is 0 e. The van der Waals surface area contributed by atoms with Crippen LogP contribution in [0.25, 0.3) is 53.8 Å². The van der Waals surface area contributed by atoms with Gasteiger partial charge in [0.15, 0.2) is 0 Å². The number of aromatic nitrogens is 2. The van der Waals surface area contributed by atoms with Crippen molar-refractivity contribution in [3.63, 3.8) is 0 Å². The van der Waals surface area contributed by atoms with Crippen LogP contribution in [0.15, 0.2) is 116 Å². The third-order valence-electron chi connectivity index (χ3n) is 8.17. The van der Waals surface area contributed by atoms with E-state index in [0.717, 1.165) is 28.9 Å². The van der Waals surface area contributed by atoms with Crippen LogP contribution < -0.4 is 4.40 Å². The Hall–Kier alpha value is -3.41. The number of thiophene rings is 1. The van der Waals surface area contributed by atoms with Gasteiger partial charge >= 0.3 is 106 Å². The van der Waals surface area contributed by atoms with Crippen LogP contribution in [0, 0.1) is 25.0 Å². The second-order valence-corrected chi connectivity index (χ2v) is 25.0. The molecule has 4 aromatic carbocycles. The fourth-order valence-corrected chi connectivity index (χ4v) is 10.8. The minimum Gasteiger partial charge on any atom is 0 e.